The molecule has 0 aliphatic rings. The van der Waals surface area contributed by atoms with E-state index in [1.165, 1.54) is 0 Å². The second-order valence-corrected chi connectivity index (χ2v) is 4.91. The number of esters is 1. The maximum Gasteiger partial charge on any atom is 0.308 e. The minimum Gasteiger partial charge on any atom is -0.464 e. The fraction of sp³-hybridized carbons (Fsp3) is 0.909. The van der Waals surface area contributed by atoms with Crippen LogP contribution in [0.15, 0.2) is 0 Å². The van der Waals surface area contributed by atoms with E-state index in [4.69, 9.17) is 4.74 Å². The molecule has 0 N–H and O–H groups in total. The molecule has 0 aromatic heterocycles. The zero-order valence-electron chi connectivity index (χ0n) is 10.3. The molecule has 0 spiro atoms. The Hall–Kier alpha value is -0.570. The molecule has 0 atom stereocenters. The van der Waals surface area contributed by atoms with Gasteiger partial charge in [0, 0.05) is 12.1 Å². The molecule has 0 saturated carbocycles. The van der Waals surface area contributed by atoms with E-state index in [9.17, 15) is 4.79 Å². The molecule has 0 aromatic rings. The summed E-state index contributed by atoms with van der Waals surface area (Å²) in [6.07, 6.45) is 0. The topological polar surface area (TPSA) is 29.5 Å². The van der Waals surface area contributed by atoms with Crippen molar-refractivity contribution in [2.45, 2.75) is 40.2 Å². The van der Waals surface area contributed by atoms with Crippen LogP contribution in [-0.4, -0.2) is 36.6 Å². The van der Waals surface area contributed by atoms with E-state index in [2.05, 4.69) is 25.7 Å². The van der Waals surface area contributed by atoms with Crippen LogP contribution in [0.25, 0.3) is 0 Å². The molecule has 0 bridgehead atoms. The van der Waals surface area contributed by atoms with Crippen molar-refractivity contribution in [3.8, 4) is 0 Å². The van der Waals surface area contributed by atoms with Gasteiger partial charge in [-0.05, 0) is 27.8 Å². The summed E-state index contributed by atoms with van der Waals surface area (Å²) in [5.74, 6) is -0.151. The SMILES string of the molecule is CC(C)C(=O)OCCN(C)C(C)(C)C. The van der Waals surface area contributed by atoms with Gasteiger partial charge in [-0.1, -0.05) is 13.8 Å². The van der Waals surface area contributed by atoms with Crippen LogP contribution in [0.3, 0.4) is 0 Å². The molecule has 0 fully saturated rings. The van der Waals surface area contributed by atoms with Crippen LogP contribution in [0.1, 0.15) is 34.6 Å². The van der Waals surface area contributed by atoms with Gasteiger partial charge in [0.25, 0.3) is 0 Å². The monoisotopic (exact) mass is 201 g/mol. The molecule has 0 radical (unpaired) electrons. The Morgan fingerprint density at radius 2 is 1.86 bits per heavy atom. The maximum atomic E-state index is 11.1. The molecule has 14 heavy (non-hydrogen) atoms. The highest BCUT2D eigenvalue weighted by Crippen LogP contribution is 2.09. The van der Waals surface area contributed by atoms with Gasteiger partial charge >= 0.3 is 5.97 Å². The Morgan fingerprint density at radius 1 is 1.36 bits per heavy atom. The summed E-state index contributed by atoms with van der Waals surface area (Å²) in [6.45, 7) is 11.4. The highest BCUT2D eigenvalue weighted by Gasteiger charge is 2.17. The molecule has 0 heterocycles. The third-order valence-electron chi connectivity index (χ3n) is 2.29. The fourth-order valence-electron chi connectivity index (χ4n) is 0.785. The minimum absolute atomic E-state index is 0.0325. The number of rotatable bonds is 4. The Morgan fingerprint density at radius 3 is 2.21 bits per heavy atom. The Bertz CT molecular complexity index is 182. The second-order valence-electron chi connectivity index (χ2n) is 4.91. The van der Waals surface area contributed by atoms with Gasteiger partial charge in [0.05, 0.1) is 5.92 Å². The first-order chi connectivity index (χ1) is 6.25. The minimum atomic E-state index is -0.118. The molecular formula is C11H23NO2. The highest BCUT2D eigenvalue weighted by molar-refractivity contribution is 5.71. The zero-order chi connectivity index (χ0) is 11.4. The van der Waals surface area contributed by atoms with E-state index in [1.807, 2.05) is 20.9 Å². The highest BCUT2D eigenvalue weighted by atomic mass is 16.5. The average molecular weight is 201 g/mol. The number of ether oxygens (including phenoxy) is 1. The molecule has 3 heteroatoms. The van der Waals surface area contributed by atoms with Crippen LogP contribution in [0.5, 0.6) is 0 Å². The standard InChI is InChI=1S/C11H23NO2/c1-9(2)10(13)14-8-7-12(6)11(3,4)5/h9H,7-8H2,1-6H3. The van der Waals surface area contributed by atoms with Crippen LogP contribution < -0.4 is 0 Å². The fourth-order valence-corrected chi connectivity index (χ4v) is 0.785. The van der Waals surface area contributed by atoms with Crippen molar-refractivity contribution in [3.05, 3.63) is 0 Å². The van der Waals surface area contributed by atoms with Crippen molar-refractivity contribution in [2.24, 2.45) is 5.92 Å². The van der Waals surface area contributed by atoms with Crippen molar-refractivity contribution in [3.63, 3.8) is 0 Å². The van der Waals surface area contributed by atoms with E-state index in [1.54, 1.807) is 0 Å². The van der Waals surface area contributed by atoms with E-state index in [0.29, 0.717) is 6.61 Å². The van der Waals surface area contributed by atoms with Crippen molar-refractivity contribution >= 4 is 5.97 Å². The van der Waals surface area contributed by atoms with Gasteiger partial charge in [-0.2, -0.15) is 0 Å². The molecule has 0 rings (SSSR count). The van der Waals surface area contributed by atoms with E-state index >= 15 is 0 Å². The van der Waals surface area contributed by atoms with Crippen molar-refractivity contribution in [2.75, 3.05) is 20.2 Å². The first-order valence-corrected chi connectivity index (χ1v) is 5.13. The van der Waals surface area contributed by atoms with Crippen LogP contribution in [0, 0.1) is 5.92 Å². The lowest BCUT2D eigenvalue weighted by molar-refractivity contribution is -0.147. The average Bonchev–Trinajstić information content (AvgIpc) is 2.01. The summed E-state index contributed by atoms with van der Waals surface area (Å²) in [7, 11) is 2.03. The number of likely N-dealkylation sites (N-methyl/N-ethyl adjacent to an activating group) is 1. The molecule has 0 aromatic carbocycles. The molecule has 0 saturated heterocycles. The van der Waals surface area contributed by atoms with Crippen molar-refractivity contribution in [1.82, 2.24) is 4.90 Å². The molecule has 0 amide bonds. The number of hydrogen-bond donors (Lipinski definition) is 0. The summed E-state index contributed by atoms with van der Waals surface area (Å²) >= 11 is 0. The molecular weight excluding hydrogens is 178 g/mol. The lowest BCUT2D eigenvalue weighted by Gasteiger charge is -2.31. The molecule has 0 aliphatic carbocycles. The third kappa shape index (κ3) is 5.22. The van der Waals surface area contributed by atoms with Gasteiger partial charge in [0.1, 0.15) is 6.61 Å². The van der Waals surface area contributed by atoms with Gasteiger partial charge in [-0.15, -0.1) is 0 Å². The molecule has 0 unspecified atom stereocenters. The molecule has 84 valence electrons. The number of hydrogen-bond acceptors (Lipinski definition) is 3. The van der Waals surface area contributed by atoms with Crippen molar-refractivity contribution in [1.29, 1.82) is 0 Å². The summed E-state index contributed by atoms with van der Waals surface area (Å²) in [6, 6.07) is 0. The largest absolute Gasteiger partial charge is 0.464 e. The second kappa shape index (κ2) is 5.35. The zero-order valence-corrected chi connectivity index (χ0v) is 10.3. The van der Waals surface area contributed by atoms with Crippen LogP contribution >= 0.6 is 0 Å². The van der Waals surface area contributed by atoms with E-state index in [0.717, 1.165) is 6.54 Å². The summed E-state index contributed by atoms with van der Waals surface area (Å²) in [4.78, 5) is 13.3. The predicted octanol–water partition coefficient (Wildman–Crippen LogP) is 1.92. The molecule has 3 nitrogen and oxygen atoms in total. The van der Waals surface area contributed by atoms with Gasteiger partial charge < -0.3 is 4.74 Å². The van der Waals surface area contributed by atoms with Crippen molar-refractivity contribution < 1.29 is 9.53 Å². The van der Waals surface area contributed by atoms with Crippen LogP contribution in [-0.2, 0) is 9.53 Å². The normalized spacial score (nSPS) is 12.3. The Balaban J connectivity index is 3.70. The summed E-state index contributed by atoms with van der Waals surface area (Å²) in [5, 5.41) is 0. The quantitative estimate of drug-likeness (QED) is 0.651. The van der Waals surface area contributed by atoms with E-state index < -0.39 is 0 Å². The first-order valence-electron chi connectivity index (χ1n) is 5.13. The van der Waals surface area contributed by atoms with E-state index in [-0.39, 0.29) is 17.4 Å². The predicted molar refractivity (Wildman–Crippen MR) is 58.2 cm³/mol. The maximum absolute atomic E-state index is 11.1. The number of carbonyl (C=O) groups excluding carboxylic acids is 1. The number of carbonyl (C=O) groups is 1. The lowest BCUT2D eigenvalue weighted by atomic mass is 10.1. The summed E-state index contributed by atoms with van der Waals surface area (Å²) in [5.41, 5.74) is 0.129. The summed E-state index contributed by atoms with van der Waals surface area (Å²) < 4.78 is 5.09. The lowest BCUT2D eigenvalue weighted by Crippen LogP contribution is -2.40. The van der Waals surface area contributed by atoms with Gasteiger partial charge in [-0.25, -0.2) is 0 Å². The van der Waals surface area contributed by atoms with Crippen LogP contribution in [0.2, 0.25) is 0 Å². The number of nitrogens with zero attached hydrogens (tertiary/aromatic N) is 1. The first kappa shape index (κ1) is 13.4. The Kier molecular flexibility index (Phi) is 5.13. The third-order valence-corrected chi connectivity index (χ3v) is 2.29. The molecule has 0 aliphatic heterocycles. The van der Waals surface area contributed by atoms with Gasteiger partial charge in [0.2, 0.25) is 0 Å². The van der Waals surface area contributed by atoms with Gasteiger partial charge in [-0.3, -0.25) is 9.69 Å². The smallest absolute Gasteiger partial charge is 0.308 e. The van der Waals surface area contributed by atoms with Crippen LogP contribution in [0.4, 0.5) is 0 Å². The Labute approximate surface area is 87.4 Å². The van der Waals surface area contributed by atoms with Gasteiger partial charge in [0.15, 0.2) is 0 Å².